The van der Waals surface area contributed by atoms with Gasteiger partial charge < -0.3 is 19.7 Å². The maximum Gasteiger partial charge on any atom is 0.218 e. The van der Waals surface area contributed by atoms with E-state index in [4.69, 9.17) is 21.7 Å². The lowest BCUT2D eigenvalue weighted by atomic mass is 10.3. The van der Waals surface area contributed by atoms with Gasteiger partial charge in [0.25, 0.3) is 0 Å². The Morgan fingerprint density at radius 2 is 1.17 bits per heavy atom. The third-order valence-electron chi connectivity index (χ3n) is 4.75. The molecule has 7 heteroatoms. The third kappa shape index (κ3) is 3.62. The number of phenolic OH excluding ortho intramolecular Hbond substituents is 1. The Balaban J connectivity index is 1.67. The van der Waals surface area contributed by atoms with Gasteiger partial charge in [-0.1, -0.05) is 0 Å². The van der Waals surface area contributed by atoms with Gasteiger partial charge in [-0.15, -0.1) is 0 Å². The van der Waals surface area contributed by atoms with E-state index in [0.29, 0.717) is 22.0 Å². The summed E-state index contributed by atoms with van der Waals surface area (Å²) in [5.74, 6) is 2.26. The highest BCUT2D eigenvalue weighted by Gasteiger charge is 2.16. The summed E-state index contributed by atoms with van der Waals surface area (Å²) in [7, 11) is 1.60. The van der Waals surface area contributed by atoms with Gasteiger partial charge in [-0.3, -0.25) is 9.13 Å². The van der Waals surface area contributed by atoms with Gasteiger partial charge in [0.1, 0.15) is 23.0 Å². The van der Waals surface area contributed by atoms with Crippen LogP contribution < -0.4 is 9.47 Å². The van der Waals surface area contributed by atoms with Crippen molar-refractivity contribution in [3.05, 3.63) is 83.3 Å². The number of hydrogen-bond acceptors (Lipinski definition) is 5. The third-order valence-corrected chi connectivity index (χ3v) is 5.12. The lowest BCUT2D eigenvalue weighted by Gasteiger charge is -2.09. The van der Waals surface area contributed by atoms with Crippen molar-refractivity contribution < 1.29 is 19.7 Å². The molecule has 1 aromatic heterocycles. The van der Waals surface area contributed by atoms with Crippen LogP contribution in [0.3, 0.4) is 0 Å². The van der Waals surface area contributed by atoms with E-state index in [1.165, 1.54) is 0 Å². The molecule has 0 atom stereocenters. The van der Waals surface area contributed by atoms with E-state index >= 15 is 0 Å². The molecule has 1 heterocycles. The van der Waals surface area contributed by atoms with E-state index in [2.05, 4.69) is 0 Å². The largest absolute Gasteiger partial charge is 0.508 e. The fourth-order valence-electron chi connectivity index (χ4n) is 3.18. The van der Waals surface area contributed by atoms with Crippen molar-refractivity contribution in [3.63, 3.8) is 0 Å². The minimum Gasteiger partial charge on any atom is -0.508 e. The zero-order chi connectivity index (χ0) is 21.3. The highest BCUT2D eigenvalue weighted by molar-refractivity contribution is 7.71. The highest BCUT2D eigenvalue weighted by atomic mass is 32.1. The predicted octanol–water partition coefficient (Wildman–Crippen LogP) is 5.52. The van der Waals surface area contributed by atoms with Crippen LogP contribution in [0.1, 0.15) is 5.69 Å². The molecule has 0 unspecified atom stereocenters. The number of methoxy groups -OCH3 is 1. The smallest absolute Gasteiger partial charge is 0.218 e. The average molecular weight is 420 g/mol. The molecule has 0 aliphatic heterocycles. The molecule has 0 spiro atoms. The molecule has 0 fully saturated rings. The summed E-state index contributed by atoms with van der Waals surface area (Å²) in [5.41, 5.74) is 2.17. The maximum atomic E-state index is 10.7. The Morgan fingerprint density at radius 3 is 1.70 bits per heavy atom. The van der Waals surface area contributed by atoms with E-state index < -0.39 is 0 Å². The van der Waals surface area contributed by atoms with Crippen molar-refractivity contribution in [2.24, 2.45) is 0 Å². The van der Waals surface area contributed by atoms with Crippen molar-refractivity contribution in [3.8, 4) is 40.3 Å². The fraction of sp³-hybridized carbons (Fsp3) is 0.0870. The van der Waals surface area contributed by atoms with Crippen molar-refractivity contribution in [2.45, 2.75) is 6.92 Å². The Kier molecular flexibility index (Phi) is 5.20. The van der Waals surface area contributed by atoms with Crippen LogP contribution in [0.15, 0.2) is 72.8 Å². The lowest BCUT2D eigenvalue weighted by molar-refractivity contribution is 0.414. The molecule has 0 aliphatic rings. The zero-order valence-electron chi connectivity index (χ0n) is 16.4. The molecule has 2 N–H and O–H groups in total. The number of hydrogen-bond donors (Lipinski definition) is 2. The van der Waals surface area contributed by atoms with Crippen molar-refractivity contribution in [1.82, 2.24) is 9.13 Å². The minimum absolute atomic E-state index is 0.0783. The number of ether oxygens (including phenoxy) is 2. The molecule has 152 valence electrons. The van der Waals surface area contributed by atoms with Gasteiger partial charge >= 0.3 is 0 Å². The summed E-state index contributed by atoms with van der Waals surface area (Å²) >= 11 is 5.66. The molecule has 6 nitrogen and oxygen atoms in total. The molecule has 0 saturated heterocycles. The molecular formula is C23H20N2O4S. The lowest BCUT2D eigenvalue weighted by Crippen LogP contribution is -1.99. The monoisotopic (exact) mass is 420 g/mol. The molecule has 0 radical (unpaired) electrons. The second-order valence-electron chi connectivity index (χ2n) is 6.65. The van der Waals surface area contributed by atoms with Gasteiger partial charge in [0.05, 0.1) is 18.5 Å². The van der Waals surface area contributed by atoms with Gasteiger partial charge in [-0.2, -0.15) is 0 Å². The van der Waals surface area contributed by atoms with Gasteiger partial charge in [0.2, 0.25) is 5.88 Å². The fourth-order valence-corrected chi connectivity index (χ4v) is 3.61. The normalized spacial score (nSPS) is 10.7. The number of nitrogens with zero attached hydrogens (tertiary/aromatic N) is 2. The maximum absolute atomic E-state index is 10.7. The molecular weight excluding hydrogens is 400 g/mol. The molecule has 0 aliphatic carbocycles. The number of aromatic nitrogens is 2. The first-order valence-corrected chi connectivity index (χ1v) is 9.64. The topological polar surface area (TPSA) is 68.8 Å². The van der Waals surface area contributed by atoms with Crippen molar-refractivity contribution >= 4 is 12.2 Å². The summed E-state index contributed by atoms with van der Waals surface area (Å²) < 4.78 is 14.9. The van der Waals surface area contributed by atoms with E-state index in [1.807, 2.05) is 55.5 Å². The van der Waals surface area contributed by atoms with Gasteiger partial charge in [-0.25, -0.2) is 0 Å². The van der Waals surface area contributed by atoms with Crippen molar-refractivity contribution in [2.75, 3.05) is 7.11 Å². The van der Waals surface area contributed by atoms with Crippen LogP contribution in [0.4, 0.5) is 0 Å². The van der Waals surface area contributed by atoms with E-state index in [-0.39, 0.29) is 11.6 Å². The number of imidazole rings is 1. The average Bonchev–Trinajstić information content (AvgIpc) is 2.99. The molecule has 0 amide bonds. The second-order valence-corrected chi connectivity index (χ2v) is 7.02. The Morgan fingerprint density at radius 1 is 0.700 bits per heavy atom. The molecule has 0 bridgehead atoms. The molecule has 0 saturated carbocycles. The molecule has 30 heavy (non-hydrogen) atoms. The van der Waals surface area contributed by atoms with Crippen molar-refractivity contribution in [1.29, 1.82) is 0 Å². The number of rotatable bonds is 5. The quantitative estimate of drug-likeness (QED) is 0.416. The van der Waals surface area contributed by atoms with Crippen LogP contribution in [0.5, 0.6) is 28.9 Å². The number of aromatic hydroxyl groups is 2. The second kappa shape index (κ2) is 7.96. The van der Waals surface area contributed by atoms with Crippen LogP contribution in [0.25, 0.3) is 11.4 Å². The first-order chi connectivity index (χ1) is 14.5. The van der Waals surface area contributed by atoms with Gasteiger partial charge in [0.15, 0.2) is 4.77 Å². The van der Waals surface area contributed by atoms with Crippen LogP contribution in [0.2, 0.25) is 0 Å². The molecule has 4 rings (SSSR count). The van der Waals surface area contributed by atoms with Crippen LogP contribution >= 0.6 is 12.2 Å². The Labute approximate surface area is 178 Å². The van der Waals surface area contributed by atoms with E-state index in [0.717, 1.165) is 17.1 Å². The summed E-state index contributed by atoms with van der Waals surface area (Å²) in [5, 5.41) is 20.1. The summed E-state index contributed by atoms with van der Waals surface area (Å²) in [6.45, 7) is 1.81. The zero-order valence-corrected chi connectivity index (χ0v) is 17.3. The van der Waals surface area contributed by atoms with Gasteiger partial charge in [-0.05, 0) is 91.9 Å². The van der Waals surface area contributed by atoms with E-state index in [9.17, 15) is 10.2 Å². The summed E-state index contributed by atoms with van der Waals surface area (Å²) in [6.07, 6.45) is 0. The highest BCUT2D eigenvalue weighted by Crippen LogP contribution is 2.30. The summed E-state index contributed by atoms with van der Waals surface area (Å²) in [6, 6.07) is 21.2. The van der Waals surface area contributed by atoms with Crippen LogP contribution in [-0.2, 0) is 0 Å². The number of phenols is 1. The van der Waals surface area contributed by atoms with Crippen LogP contribution in [0, 0.1) is 11.7 Å². The number of benzene rings is 3. The standard InChI is InChI=1S/C23H20N2O4S/c1-15-22(27)25(17-3-9-19(28-2)10-4-17)23(30)24(15)16-5-11-20(12-6-16)29-21-13-7-18(26)8-14-21/h3-14,26-27H,1-2H3. The Bertz CT molecular complexity index is 1220. The first-order valence-electron chi connectivity index (χ1n) is 9.23. The first kappa shape index (κ1) is 19.6. The van der Waals surface area contributed by atoms with Crippen LogP contribution in [-0.4, -0.2) is 26.5 Å². The SMILES string of the molecule is COc1ccc(-n2c(O)c(C)n(-c3ccc(Oc4ccc(O)cc4)cc3)c2=S)cc1. The predicted molar refractivity (Wildman–Crippen MR) is 117 cm³/mol. The molecule has 3 aromatic carbocycles. The minimum atomic E-state index is 0.0783. The van der Waals surface area contributed by atoms with E-state index in [1.54, 1.807) is 40.5 Å². The van der Waals surface area contributed by atoms with Gasteiger partial charge in [0, 0.05) is 5.69 Å². The summed E-state index contributed by atoms with van der Waals surface area (Å²) in [4.78, 5) is 0. The molecule has 4 aromatic rings. The Hall–Kier alpha value is -3.71.